The highest BCUT2D eigenvalue weighted by atomic mass is 16.6. The summed E-state index contributed by atoms with van der Waals surface area (Å²) in [5, 5.41) is 19.3. The highest BCUT2D eigenvalue weighted by Gasteiger charge is 2.28. The van der Waals surface area contributed by atoms with Crippen LogP contribution >= 0.6 is 0 Å². The third-order valence-corrected chi connectivity index (χ3v) is 5.64. The third-order valence-electron chi connectivity index (χ3n) is 5.64. The summed E-state index contributed by atoms with van der Waals surface area (Å²) in [5.74, 6) is 1.57. The molecule has 1 fully saturated rings. The minimum Gasteiger partial charge on any atom is -0.444 e. The van der Waals surface area contributed by atoms with Crippen molar-refractivity contribution in [1.29, 1.82) is 5.26 Å². The Morgan fingerprint density at radius 2 is 1.86 bits per heavy atom. The lowest BCUT2D eigenvalue weighted by Gasteiger charge is -2.33. The van der Waals surface area contributed by atoms with E-state index < -0.39 is 11.7 Å². The molecule has 3 heterocycles. The number of amides is 1. The number of nitrogens with one attached hydrogen (secondary N) is 3. The molecular formula is C26H30N8O2. The van der Waals surface area contributed by atoms with Gasteiger partial charge in [0, 0.05) is 30.2 Å². The fraction of sp³-hybridized carbons (Fsp3) is 0.385. The minimum absolute atomic E-state index is 0.0141. The number of ether oxygens (including phenoxy) is 1. The smallest absolute Gasteiger partial charge is 0.407 e. The summed E-state index contributed by atoms with van der Waals surface area (Å²) in [5.41, 5.74) is 1.24. The number of pyridine rings is 2. The molecule has 0 radical (unpaired) electrons. The topological polar surface area (TPSA) is 138 Å². The monoisotopic (exact) mass is 486 g/mol. The fourth-order valence-corrected chi connectivity index (χ4v) is 4.07. The summed E-state index contributed by atoms with van der Waals surface area (Å²) in [7, 11) is 0. The summed E-state index contributed by atoms with van der Waals surface area (Å²) in [6.07, 6.45) is 10.0. The van der Waals surface area contributed by atoms with Crippen molar-refractivity contribution >= 4 is 23.4 Å². The first-order chi connectivity index (χ1) is 17.3. The number of alkyl carbamates (subject to hydrolysis) is 1. The maximum Gasteiger partial charge on any atom is 0.407 e. The van der Waals surface area contributed by atoms with Gasteiger partial charge in [0.05, 0.1) is 23.5 Å². The molecular weight excluding hydrogens is 456 g/mol. The molecule has 0 unspecified atom stereocenters. The van der Waals surface area contributed by atoms with Gasteiger partial charge in [0.2, 0.25) is 0 Å². The van der Waals surface area contributed by atoms with Crippen molar-refractivity contribution < 1.29 is 9.53 Å². The molecule has 186 valence electrons. The second-order valence-corrected chi connectivity index (χ2v) is 9.65. The molecule has 1 saturated carbocycles. The molecule has 1 aliphatic carbocycles. The van der Waals surface area contributed by atoms with Crippen LogP contribution in [0.5, 0.6) is 0 Å². The van der Waals surface area contributed by atoms with Crippen LogP contribution in [0.15, 0.2) is 49.1 Å². The molecule has 1 aliphatic rings. The van der Waals surface area contributed by atoms with E-state index in [2.05, 4.69) is 42.0 Å². The summed E-state index contributed by atoms with van der Waals surface area (Å²) in [6.45, 7) is 5.53. The number of anilines is 3. The van der Waals surface area contributed by atoms with E-state index in [0.29, 0.717) is 28.7 Å². The van der Waals surface area contributed by atoms with Crippen LogP contribution in [-0.2, 0) is 4.74 Å². The van der Waals surface area contributed by atoms with Gasteiger partial charge in [0.1, 0.15) is 17.5 Å². The van der Waals surface area contributed by atoms with Crippen molar-refractivity contribution in [1.82, 2.24) is 25.3 Å². The van der Waals surface area contributed by atoms with Gasteiger partial charge < -0.3 is 20.7 Å². The normalized spacial score (nSPS) is 17.5. The van der Waals surface area contributed by atoms with Crippen LogP contribution in [0.3, 0.4) is 0 Å². The number of carbonyl (C=O) groups is 1. The van der Waals surface area contributed by atoms with Gasteiger partial charge >= 0.3 is 6.09 Å². The van der Waals surface area contributed by atoms with Gasteiger partial charge in [-0.25, -0.2) is 19.7 Å². The SMILES string of the molecule is CC(C)(C)OC(=O)N[C@H]1CCCC[C@H]1Nc1ccc(C#N)c(Nc2cncc(-c3ncccn3)c2)n1. The number of hydrogen-bond donors (Lipinski definition) is 3. The minimum atomic E-state index is -0.560. The summed E-state index contributed by atoms with van der Waals surface area (Å²) in [6, 6.07) is 9.17. The molecule has 36 heavy (non-hydrogen) atoms. The van der Waals surface area contributed by atoms with Gasteiger partial charge in [-0.1, -0.05) is 12.8 Å². The molecule has 2 atom stereocenters. The zero-order valence-corrected chi connectivity index (χ0v) is 20.7. The fourth-order valence-electron chi connectivity index (χ4n) is 4.07. The van der Waals surface area contributed by atoms with Crippen LogP contribution in [-0.4, -0.2) is 43.7 Å². The van der Waals surface area contributed by atoms with E-state index in [1.54, 1.807) is 43.0 Å². The Morgan fingerprint density at radius 3 is 2.58 bits per heavy atom. The molecule has 0 spiro atoms. The van der Waals surface area contributed by atoms with Gasteiger partial charge in [-0.15, -0.1) is 0 Å². The van der Waals surface area contributed by atoms with E-state index in [4.69, 9.17) is 4.74 Å². The first kappa shape index (κ1) is 24.9. The van der Waals surface area contributed by atoms with Crippen LogP contribution in [0.2, 0.25) is 0 Å². The summed E-state index contributed by atoms with van der Waals surface area (Å²) >= 11 is 0. The van der Waals surface area contributed by atoms with Crippen molar-refractivity contribution in [2.45, 2.75) is 64.1 Å². The summed E-state index contributed by atoms with van der Waals surface area (Å²) < 4.78 is 5.44. The second kappa shape index (κ2) is 11.0. The first-order valence-electron chi connectivity index (χ1n) is 12.0. The first-order valence-corrected chi connectivity index (χ1v) is 12.0. The van der Waals surface area contributed by atoms with Gasteiger partial charge in [0.15, 0.2) is 11.6 Å². The zero-order chi connectivity index (χ0) is 25.5. The Hall–Kier alpha value is -4.26. The van der Waals surface area contributed by atoms with Crippen LogP contribution in [0.25, 0.3) is 11.4 Å². The van der Waals surface area contributed by atoms with Crippen molar-refractivity contribution in [2.75, 3.05) is 10.6 Å². The van der Waals surface area contributed by atoms with E-state index in [-0.39, 0.29) is 12.1 Å². The Balaban J connectivity index is 1.50. The maximum absolute atomic E-state index is 12.4. The van der Waals surface area contributed by atoms with E-state index in [1.165, 1.54) is 0 Å². The van der Waals surface area contributed by atoms with Gasteiger partial charge in [-0.3, -0.25) is 4.98 Å². The molecule has 0 bridgehead atoms. The van der Waals surface area contributed by atoms with E-state index in [0.717, 1.165) is 31.2 Å². The van der Waals surface area contributed by atoms with Crippen molar-refractivity contribution in [3.63, 3.8) is 0 Å². The molecule has 3 N–H and O–H groups in total. The number of nitriles is 1. The highest BCUT2D eigenvalue weighted by Crippen LogP contribution is 2.26. The van der Waals surface area contributed by atoms with Crippen LogP contribution in [0.4, 0.5) is 22.1 Å². The number of nitrogens with zero attached hydrogens (tertiary/aromatic N) is 5. The van der Waals surface area contributed by atoms with Crippen LogP contribution < -0.4 is 16.0 Å². The van der Waals surface area contributed by atoms with E-state index in [1.807, 2.05) is 26.8 Å². The van der Waals surface area contributed by atoms with Crippen LogP contribution in [0, 0.1) is 11.3 Å². The number of carbonyl (C=O) groups excluding carboxylic acids is 1. The lowest BCUT2D eigenvalue weighted by atomic mass is 9.90. The van der Waals surface area contributed by atoms with Crippen molar-refractivity contribution in [2.24, 2.45) is 0 Å². The predicted octanol–water partition coefficient (Wildman–Crippen LogP) is 4.80. The highest BCUT2D eigenvalue weighted by molar-refractivity contribution is 5.69. The maximum atomic E-state index is 12.4. The van der Waals surface area contributed by atoms with Crippen molar-refractivity contribution in [3.8, 4) is 17.5 Å². The quantitative estimate of drug-likeness (QED) is 0.448. The lowest BCUT2D eigenvalue weighted by Crippen LogP contribution is -2.49. The average molecular weight is 487 g/mol. The standard InChI is InChI=1S/C26H30N8O2/c1-26(2,3)36-25(35)33-21-8-5-4-7-20(21)32-22-10-9-17(14-27)24(34-22)31-19-13-18(15-28-16-19)23-29-11-6-12-30-23/h6,9-13,15-16,20-21H,4-5,7-8H2,1-3H3,(H,33,35)(H2,31,32,34)/t20-,21+/m1/s1. The third kappa shape index (κ3) is 6.66. The second-order valence-electron chi connectivity index (χ2n) is 9.65. The largest absolute Gasteiger partial charge is 0.444 e. The molecule has 0 aliphatic heterocycles. The lowest BCUT2D eigenvalue weighted by molar-refractivity contribution is 0.0488. The Kier molecular flexibility index (Phi) is 7.59. The van der Waals surface area contributed by atoms with Crippen molar-refractivity contribution in [3.05, 3.63) is 54.6 Å². The summed E-state index contributed by atoms with van der Waals surface area (Å²) in [4.78, 5) is 29.8. The molecule has 0 saturated heterocycles. The van der Waals surface area contributed by atoms with E-state index in [9.17, 15) is 10.1 Å². The molecule has 0 aromatic carbocycles. The van der Waals surface area contributed by atoms with Crippen LogP contribution in [0.1, 0.15) is 52.0 Å². The number of hydrogen-bond acceptors (Lipinski definition) is 9. The Morgan fingerprint density at radius 1 is 1.11 bits per heavy atom. The molecule has 4 rings (SSSR count). The van der Waals surface area contributed by atoms with Gasteiger partial charge in [-0.05, 0) is 57.9 Å². The Labute approximate surface area is 210 Å². The molecule has 10 nitrogen and oxygen atoms in total. The molecule has 10 heteroatoms. The molecule has 1 amide bonds. The number of rotatable bonds is 6. The predicted molar refractivity (Wildman–Crippen MR) is 137 cm³/mol. The zero-order valence-electron chi connectivity index (χ0n) is 20.7. The van der Waals surface area contributed by atoms with Gasteiger partial charge in [-0.2, -0.15) is 5.26 Å². The Bertz CT molecular complexity index is 1240. The molecule has 3 aromatic rings. The van der Waals surface area contributed by atoms with E-state index >= 15 is 0 Å². The van der Waals surface area contributed by atoms with Gasteiger partial charge in [0.25, 0.3) is 0 Å². The molecule has 3 aromatic heterocycles. The average Bonchev–Trinajstić information content (AvgIpc) is 2.85. The number of aromatic nitrogens is 4.